The maximum atomic E-state index is 13.7. The minimum atomic E-state index is -0.384. The van der Waals surface area contributed by atoms with Gasteiger partial charge in [0.25, 0.3) is 0 Å². The Hall–Kier alpha value is -4.46. The molecule has 7 heteroatoms. The minimum absolute atomic E-state index is 0.00263. The summed E-state index contributed by atoms with van der Waals surface area (Å²) in [6, 6.07) is 24.2. The number of anilines is 4. The Bertz CT molecular complexity index is 1590. The highest BCUT2D eigenvalue weighted by atomic mass is 16.3. The predicted molar refractivity (Wildman–Crippen MR) is 160 cm³/mol. The van der Waals surface area contributed by atoms with Gasteiger partial charge in [-0.05, 0) is 30.3 Å². The number of nitrogens with one attached hydrogen (secondary N) is 2. The summed E-state index contributed by atoms with van der Waals surface area (Å²) < 4.78 is 1.33. The second-order valence-electron chi connectivity index (χ2n) is 11.6. The fourth-order valence-corrected chi connectivity index (χ4v) is 4.77. The number of rotatable bonds is 6. The summed E-state index contributed by atoms with van der Waals surface area (Å²) in [4.78, 5) is 27.3. The van der Waals surface area contributed by atoms with E-state index in [0.717, 1.165) is 22.7 Å². The molecule has 1 aliphatic rings. The summed E-state index contributed by atoms with van der Waals surface area (Å²) in [7, 11) is 12.5. The van der Waals surface area contributed by atoms with E-state index in [1.807, 2.05) is 48.5 Å². The van der Waals surface area contributed by atoms with Crippen molar-refractivity contribution in [3.8, 4) is 5.75 Å². The van der Waals surface area contributed by atoms with E-state index in [1.165, 1.54) is 0 Å². The van der Waals surface area contributed by atoms with Gasteiger partial charge in [-0.15, -0.1) is 0 Å². The molecule has 3 N–H and O–H groups in total. The molecule has 0 saturated heterocycles. The van der Waals surface area contributed by atoms with Crippen LogP contribution in [0, 0.1) is 0 Å². The molecule has 0 aliphatic heterocycles. The third-order valence-corrected chi connectivity index (χ3v) is 7.01. The highest BCUT2D eigenvalue weighted by molar-refractivity contribution is 6.31. The Morgan fingerprint density at radius 1 is 0.564 bits per heavy atom. The van der Waals surface area contributed by atoms with E-state index in [4.69, 9.17) is 0 Å². The summed E-state index contributed by atoms with van der Waals surface area (Å²) >= 11 is 0. The van der Waals surface area contributed by atoms with E-state index in [2.05, 4.69) is 52.9 Å². The van der Waals surface area contributed by atoms with Crippen molar-refractivity contribution in [2.24, 2.45) is 0 Å². The van der Waals surface area contributed by atoms with Crippen LogP contribution in [0.25, 0.3) is 0 Å². The molecule has 198 valence electrons. The summed E-state index contributed by atoms with van der Waals surface area (Å²) in [6.07, 6.45) is 0. The van der Waals surface area contributed by atoms with Gasteiger partial charge in [0.15, 0.2) is 17.3 Å². The number of carbonyl (C=O) groups excluding carboxylic acids is 2. The molecule has 0 bridgehead atoms. The fourth-order valence-electron chi connectivity index (χ4n) is 4.77. The van der Waals surface area contributed by atoms with Gasteiger partial charge in [-0.3, -0.25) is 18.6 Å². The van der Waals surface area contributed by atoms with Crippen molar-refractivity contribution in [2.75, 3.05) is 52.9 Å². The van der Waals surface area contributed by atoms with Crippen molar-refractivity contribution in [3.63, 3.8) is 0 Å². The molecule has 0 fully saturated rings. The van der Waals surface area contributed by atoms with Gasteiger partial charge in [0, 0.05) is 46.8 Å². The first-order valence-corrected chi connectivity index (χ1v) is 12.8. The molecule has 0 radical (unpaired) electrons. The van der Waals surface area contributed by atoms with E-state index in [1.54, 1.807) is 30.3 Å². The number of hydrogen-bond acceptors (Lipinski definition) is 5. The summed E-state index contributed by atoms with van der Waals surface area (Å²) in [5, 5.41) is 17.9. The van der Waals surface area contributed by atoms with Crippen molar-refractivity contribution >= 4 is 45.7 Å². The smallest absolute Gasteiger partial charge is 0.198 e. The van der Waals surface area contributed by atoms with Gasteiger partial charge in [-0.2, -0.15) is 0 Å². The first kappa shape index (κ1) is 26.2. The van der Waals surface area contributed by atoms with Crippen LogP contribution in [-0.4, -0.2) is 59.0 Å². The second kappa shape index (κ2) is 9.38. The molecular weight excluding hydrogens is 488 g/mol. The number of phenolic OH excluding ortho intramolecular Hbond substituents is 1. The minimum Gasteiger partial charge on any atom is -0.505 e. The second-order valence-corrected chi connectivity index (χ2v) is 11.6. The average molecular weight is 523 g/mol. The molecule has 0 saturated carbocycles. The highest BCUT2D eigenvalue weighted by Gasteiger charge is 2.35. The number of aromatic hydroxyl groups is 1. The van der Waals surface area contributed by atoms with Gasteiger partial charge in [0.1, 0.15) is 11.4 Å². The van der Waals surface area contributed by atoms with Crippen LogP contribution in [0.1, 0.15) is 31.8 Å². The summed E-state index contributed by atoms with van der Waals surface area (Å²) in [5.74, 6) is -0.940. The van der Waals surface area contributed by atoms with Crippen LogP contribution in [0.4, 0.5) is 34.1 Å². The fraction of sp³-hybridized carbons (Fsp3) is 0.188. The van der Waals surface area contributed by atoms with Crippen LogP contribution in [0.5, 0.6) is 5.75 Å². The van der Waals surface area contributed by atoms with E-state index in [-0.39, 0.29) is 34.0 Å². The van der Waals surface area contributed by atoms with Crippen molar-refractivity contribution < 1.29 is 14.7 Å². The van der Waals surface area contributed by atoms with Crippen LogP contribution in [0.15, 0.2) is 78.9 Å². The molecule has 4 aromatic carbocycles. The molecule has 1 aliphatic carbocycles. The van der Waals surface area contributed by atoms with E-state index in [0.29, 0.717) is 25.9 Å². The monoisotopic (exact) mass is 522 g/mol. The maximum Gasteiger partial charge on any atom is 0.198 e. The predicted octanol–water partition coefficient (Wildman–Crippen LogP) is 6.05. The lowest BCUT2D eigenvalue weighted by atomic mass is 9.82. The number of fused-ring (bicyclic) bond motifs is 2. The first-order valence-electron chi connectivity index (χ1n) is 12.8. The van der Waals surface area contributed by atoms with E-state index in [9.17, 15) is 14.7 Å². The molecule has 0 unspecified atom stereocenters. The normalized spacial score (nSPS) is 13.1. The van der Waals surface area contributed by atoms with Crippen LogP contribution >= 0.6 is 0 Å². The molecule has 39 heavy (non-hydrogen) atoms. The van der Waals surface area contributed by atoms with Crippen LogP contribution < -0.4 is 19.6 Å². The summed E-state index contributed by atoms with van der Waals surface area (Å²) in [6.45, 7) is 0. The number of carbonyl (C=O) groups is 2. The van der Waals surface area contributed by atoms with Gasteiger partial charge in [-0.25, -0.2) is 0 Å². The lowest BCUT2D eigenvalue weighted by Crippen LogP contribution is -2.34. The lowest BCUT2D eigenvalue weighted by molar-refractivity contribution is 0.0977. The lowest BCUT2D eigenvalue weighted by Gasteiger charge is -2.25. The zero-order valence-electron chi connectivity index (χ0n) is 23.2. The largest absolute Gasteiger partial charge is 0.505 e. The molecule has 4 aromatic rings. The van der Waals surface area contributed by atoms with Crippen molar-refractivity contribution in [1.82, 2.24) is 8.97 Å². The molecule has 7 nitrogen and oxygen atoms in total. The molecule has 0 heterocycles. The number of phenols is 1. The van der Waals surface area contributed by atoms with Crippen molar-refractivity contribution in [1.29, 1.82) is 0 Å². The molecule has 0 atom stereocenters. The quantitative estimate of drug-likeness (QED) is 0.144. The number of ketones is 2. The number of quaternary nitrogens is 2. The van der Waals surface area contributed by atoms with Gasteiger partial charge in [0.2, 0.25) is 0 Å². The standard InChI is InChI=1S/C32H32N4O3/c1-35(2,3)22-15-11-20(12-16-22)33-26-19-27(34-21-13-17-23(18-14-21)36(4,5)6)32(39)29-28(26)30(37)24-9-7-8-10-25(24)31(29)38/h7-19H,1-6H3,(H-2,33,34,37,38,39)/p+2. The van der Waals surface area contributed by atoms with Gasteiger partial charge in [-0.1, -0.05) is 24.3 Å². The zero-order valence-corrected chi connectivity index (χ0v) is 23.2. The van der Waals surface area contributed by atoms with Gasteiger partial charge < -0.3 is 15.7 Å². The van der Waals surface area contributed by atoms with E-state index >= 15 is 0 Å². The first-order chi connectivity index (χ1) is 18.3. The number of hydrogen-bond donors (Lipinski definition) is 3. The maximum absolute atomic E-state index is 13.7. The zero-order chi connectivity index (χ0) is 28.1. The van der Waals surface area contributed by atoms with Crippen molar-refractivity contribution in [2.45, 2.75) is 0 Å². The third kappa shape index (κ3) is 4.90. The topological polar surface area (TPSA) is 78.4 Å². The molecule has 0 spiro atoms. The number of benzene rings is 4. The third-order valence-electron chi connectivity index (χ3n) is 7.01. The van der Waals surface area contributed by atoms with Crippen LogP contribution in [0.3, 0.4) is 0 Å². The highest BCUT2D eigenvalue weighted by Crippen LogP contribution is 2.43. The van der Waals surface area contributed by atoms with Gasteiger partial charge >= 0.3 is 0 Å². The molecule has 0 amide bonds. The summed E-state index contributed by atoms with van der Waals surface area (Å²) in [5.41, 5.74) is 5.29. The number of nitrogens with zero attached hydrogens (tertiary/aromatic N) is 2. The van der Waals surface area contributed by atoms with Gasteiger partial charge in [0.05, 0.1) is 64.8 Å². The molecular formula is C32H34N4O3+2. The van der Waals surface area contributed by atoms with E-state index < -0.39 is 0 Å². The molecule has 0 aromatic heterocycles. The van der Waals surface area contributed by atoms with Crippen LogP contribution in [0.2, 0.25) is 0 Å². The Kier molecular flexibility index (Phi) is 6.29. The Balaban J connectivity index is 1.62. The van der Waals surface area contributed by atoms with Crippen LogP contribution in [-0.2, 0) is 0 Å². The SMILES string of the molecule is C[N+](C)(C)c1ccc(Nc2cc(Nc3ccc([N+](C)(C)C)cc3)c3c(c2O)C(=O)c2ccccc2C3=O)cc1. The van der Waals surface area contributed by atoms with Crippen molar-refractivity contribution in [3.05, 3.63) is 101 Å². The Morgan fingerprint density at radius 2 is 0.974 bits per heavy atom. The Labute approximate surface area is 229 Å². The average Bonchev–Trinajstić information content (AvgIpc) is 2.88. The Morgan fingerprint density at radius 3 is 1.41 bits per heavy atom. The molecule has 5 rings (SSSR count).